The number of hydrogen-bond acceptors (Lipinski definition) is 2. The van der Waals surface area contributed by atoms with Crippen molar-refractivity contribution in [3.63, 3.8) is 0 Å². The van der Waals surface area contributed by atoms with Gasteiger partial charge in [-0.1, -0.05) is 80.7 Å². The molecule has 0 radical (unpaired) electrons. The zero-order valence-electron chi connectivity index (χ0n) is 18.2. The second kappa shape index (κ2) is 11.8. The average Bonchev–Trinajstić information content (AvgIpc) is 2.60. The Kier molecular flexibility index (Phi) is 10.1. The van der Waals surface area contributed by atoms with Crippen LogP contribution in [-0.2, 0) is 9.53 Å². The molecule has 2 nitrogen and oxygen atoms in total. The average molecular weight is 371 g/mol. The maximum Gasteiger partial charge on any atom is 0.305 e. The van der Waals surface area contributed by atoms with E-state index < -0.39 is 0 Å². The van der Waals surface area contributed by atoms with Gasteiger partial charge in [-0.15, -0.1) is 0 Å². The van der Waals surface area contributed by atoms with Gasteiger partial charge >= 0.3 is 5.97 Å². The number of esters is 1. The van der Waals surface area contributed by atoms with E-state index in [2.05, 4.69) is 52.0 Å². The van der Waals surface area contributed by atoms with E-state index in [0.29, 0.717) is 13.0 Å². The first-order valence-corrected chi connectivity index (χ1v) is 10.3. The number of hydrogen-bond donors (Lipinski definition) is 0. The molecular weight excluding hydrogens is 332 g/mol. The van der Waals surface area contributed by atoms with E-state index in [-0.39, 0.29) is 11.4 Å². The highest BCUT2D eigenvalue weighted by molar-refractivity contribution is 5.68. The molecule has 1 aliphatic rings. The van der Waals surface area contributed by atoms with Crippen molar-refractivity contribution in [3.8, 4) is 0 Å². The minimum Gasteiger partial charge on any atom is -0.461 e. The van der Waals surface area contributed by atoms with E-state index in [4.69, 9.17) is 4.74 Å². The first-order valence-electron chi connectivity index (χ1n) is 10.3. The largest absolute Gasteiger partial charge is 0.461 e. The third kappa shape index (κ3) is 9.08. The Hall–Kier alpha value is -1.83. The molecule has 2 heteroatoms. The molecule has 27 heavy (non-hydrogen) atoms. The molecule has 0 heterocycles. The molecule has 0 saturated heterocycles. The van der Waals surface area contributed by atoms with E-state index in [9.17, 15) is 4.79 Å². The summed E-state index contributed by atoms with van der Waals surface area (Å²) in [4.78, 5) is 11.1. The highest BCUT2D eigenvalue weighted by Gasteiger charge is 2.24. The summed E-state index contributed by atoms with van der Waals surface area (Å²) in [5.41, 5.74) is 5.63. The van der Waals surface area contributed by atoms with E-state index in [1.54, 1.807) is 12.5 Å². The summed E-state index contributed by atoms with van der Waals surface area (Å²) in [5, 5.41) is 0. The molecule has 0 N–H and O–H groups in total. The molecule has 0 aromatic rings. The van der Waals surface area contributed by atoms with Gasteiger partial charge in [-0.05, 0) is 57.1 Å². The third-order valence-electron chi connectivity index (χ3n) is 5.21. The smallest absolute Gasteiger partial charge is 0.305 e. The van der Waals surface area contributed by atoms with Crippen molar-refractivity contribution < 1.29 is 9.53 Å². The Morgan fingerprint density at radius 1 is 1.11 bits per heavy atom. The molecule has 0 spiro atoms. The van der Waals surface area contributed by atoms with Gasteiger partial charge in [-0.2, -0.15) is 0 Å². The molecule has 0 fully saturated rings. The Morgan fingerprint density at radius 2 is 1.85 bits per heavy atom. The van der Waals surface area contributed by atoms with Crippen LogP contribution in [0.2, 0.25) is 0 Å². The van der Waals surface area contributed by atoms with Crippen LogP contribution in [0.3, 0.4) is 0 Å². The van der Waals surface area contributed by atoms with Crippen molar-refractivity contribution in [3.05, 3.63) is 58.7 Å². The summed E-state index contributed by atoms with van der Waals surface area (Å²) in [6.45, 7) is 13.3. The molecule has 0 aromatic carbocycles. The van der Waals surface area contributed by atoms with E-state index in [1.165, 1.54) is 43.3 Å². The van der Waals surface area contributed by atoms with Crippen LogP contribution in [0.1, 0.15) is 80.1 Å². The highest BCUT2D eigenvalue weighted by atomic mass is 16.5. The highest BCUT2D eigenvalue weighted by Crippen LogP contribution is 2.38. The summed E-state index contributed by atoms with van der Waals surface area (Å²) in [5.74, 6) is -0.161. The normalized spacial score (nSPS) is 22.1. The van der Waals surface area contributed by atoms with E-state index in [1.807, 2.05) is 19.1 Å². The van der Waals surface area contributed by atoms with Gasteiger partial charge < -0.3 is 4.74 Å². The Bertz CT molecular complexity index is 639. The maximum atomic E-state index is 11.1. The molecule has 0 atom stereocenters. The third-order valence-corrected chi connectivity index (χ3v) is 5.21. The fourth-order valence-corrected chi connectivity index (χ4v) is 3.41. The van der Waals surface area contributed by atoms with Gasteiger partial charge in [0, 0.05) is 6.42 Å². The zero-order chi connectivity index (χ0) is 20.3. The number of rotatable bonds is 7. The molecule has 0 aromatic heterocycles. The molecule has 0 bridgehead atoms. The second-order valence-corrected chi connectivity index (χ2v) is 8.23. The zero-order valence-corrected chi connectivity index (χ0v) is 18.2. The van der Waals surface area contributed by atoms with Crippen molar-refractivity contribution in [1.29, 1.82) is 0 Å². The first-order chi connectivity index (χ1) is 12.8. The lowest BCUT2D eigenvalue weighted by Crippen LogP contribution is -2.16. The van der Waals surface area contributed by atoms with Crippen LogP contribution >= 0.6 is 0 Å². The molecular formula is C25H38O2. The van der Waals surface area contributed by atoms with Crippen LogP contribution in [0, 0.1) is 5.41 Å². The van der Waals surface area contributed by atoms with Gasteiger partial charge in [0.25, 0.3) is 0 Å². The lowest BCUT2D eigenvalue weighted by molar-refractivity contribution is -0.141. The van der Waals surface area contributed by atoms with Crippen LogP contribution < -0.4 is 0 Å². The topological polar surface area (TPSA) is 26.3 Å². The second-order valence-electron chi connectivity index (χ2n) is 8.23. The number of ether oxygens (including phenoxy) is 1. The predicted molar refractivity (Wildman–Crippen MR) is 117 cm³/mol. The molecule has 1 aliphatic carbocycles. The van der Waals surface area contributed by atoms with Crippen LogP contribution in [0.25, 0.3) is 0 Å². The van der Waals surface area contributed by atoms with Crippen molar-refractivity contribution in [2.75, 3.05) is 6.61 Å². The Morgan fingerprint density at radius 3 is 2.56 bits per heavy atom. The molecule has 0 saturated carbocycles. The van der Waals surface area contributed by atoms with Crippen molar-refractivity contribution in [2.45, 2.75) is 80.1 Å². The lowest BCUT2D eigenvalue weighted by atomic mass is 9.75. The Labute approximate surface area is 166 Å². The summed E-state index contributed by atoms with van der Waals surface area (Å²) in [7, 11) is 0. The molecule has 150 valence electrons. The fraction of sp³-hybridized carbons (Fsp3) is 0.560. The number of allylic oxidation sites excluding steroid dienone is 9. The van der Waals surface area contributed by atoms with Crippen molar-refractivity contribution in [2.24, 2.45) is 5.41 Å². The molecule has 0 amide bonds. The van der Waals surface area contributed by atoms with Crippen LogP contribution in [0.5, 0.6) is 0 Å². The predicted octanol–water partition coefficient (Wildman–Crippen LogP) is 7.25. The minimum absolute atomic E-state index is 0.161. The van der Waals surface area contributed by atoms with Gasteiger partial charge in [-0.3, -0.25) is 4.79 Å². The quantitative estimate of drug-likeness (QED) is 0.348. The van der Waals surface area contributed by atoms with E-state index in [0.717, 1.165) is 5.57 Å². The maximum absolute atomic E-state index is 11.1. The summed E-state index contributed by atoms with van der Waals surface area (Å²) < 4.78 is 5.06. The van der Waals surface area contributed by atoms with Gasteiger partial charge in [0.15, 0.2) is 0 Å². The lowest BCUT2D eigenvalue weighted by Gasteiger charge is -2.30. The Balaban J connectivity index is 2.72. The fourth-order valence-electron chi connectivity index (χ4n) is 3.41. The number of carbonyl (C=O) groups is 1. The first kappa shape index (κ1) is 23.2. The molecule has 0 aliphatic heterocycles. The SMILES string of the molecule is CCC(=O)OC/C=C(C)/C=C/C=C(C)/C=C/C1=C(\C)CCCCCC1(C)C. The van der Waals surface area contributed by atoms with Crippen LogP contribution in [-0.4, -0.2) is 12.6 Å². The van der Waals surface area contributed by atoms with Gasteiger partial charge in [0.05, 0.1) is 0 Å². The van der Waals surface area contributed by atoms with Crippen LogP contribution in [0.4, 0.5) is 0 Å². The number of carbonyl (C=O) groups excluding carboxylic acids is 1. The summed E-state index contributed by atoms with van der Waals surface area (Å²) in [6.07, 6.45) is 19.6. The van der Waals surface area contributed by atoms with Crippen molar-refractivity contribution >= 4 is 5.97 Å². The monoisotopic (exact) mass is 370 g/mol. The summed E-state index contributed by atoms with van der Waals surface area (Å²) >= 11 is 0. The van der Waals surface area contributed by atoms with Gasteiger partial charge in [-0.25, -0.2) is 0 Å². The molecule has 1 rings (SSSR count). The minimum atomic E-state index is -0.161. The summed E-state index contributed by atoms with van der Waals surface area (Å²) in [6, 6.07) is 0. The van der Waals surface area contributed by atoms with Gasteiger partial charge in [0.1, 0.15) is 6.61 Å². The van der Waals surface area contributed by atoms with Gasteiger partial charge in [0.2, 0.25) is 0 Å². The van der Waals surface area contributed by atoms with Crippen LogP contribution in [0.15, 0.2) is 58.7 Å². The van der Waals surface area contributed by atoms with E-state index >= 15 is 0 Å². The van der Waals surface area contributed by atoms with Crippen molar-refractivity contribution in [1.82, 2.24) is 0 Å². The molecule has 0 unspecified atom stereocenters. The standard InChI is InChI=1S/C25H38O2/c1-7-24(26)27-19-17-21(3)13-11-12-20(2)15-16-23-22(4)14-9-8-10-18-25(23,5)6/h11-13,15-17H,7-10,14,18-19H2,1-6H3/b13-11+,16-15+,20-12+,21-17+,23-22-.